The van der Waals surface area contributed by atoms with Crippen molar-refractivity contribution in [3.63, 3.8) is 0 Å². The summed E-state index contributed by atoms with van der Waals surface area (Å²) in [6, 6.07) is 5.82. The van der Waals surface area contributed by atoms with E-state index in [-0.39, 0.29) is 42.8 Å². The fourth-order valence-corrected chi connectivity index (χ4v) is 4.50. The lowest BCUT2D eigenvalue weighted by atomic mass is 10.0. The first-order valence-corrected chi connectivity index (χ1v) is 9.91. The van der Waals surface area contributed by atoms with Gasteiger partial charge in [-0.3, -0.25) is 28.9 Å². The summed E-state index contributed by atoms with van der Waals surface area (Å²) in [5, 5.41) is 5.70. The number of halogens is 2. The SMILES string of the molecule is CNC1CCN(Cc2cccc3c2n(C)c(=O)n3C2CCC(=O)NC2=O)CC1.Cl.Cl. The van der Waals surface area contributed by atoms with Gasteiger partial charge in [-0.2, -0.15) is 0 Å². The minimum atomic E-state index is -0.643. The second-order valence-electron chi connectivity index (χ2n) is 7.80. The number of fused-ring (bicyclic) bond motifs is 1. The van der Waals surface area contributed by atoms with E-state index in [1.807, 2.05) is 19.2 Å². The lowest BCUT2D eigenvalue weighted by Crippen LogP contribution is -2.44. The minimum absolute atomic E-state index is 0. The highest BCUT2D eigenvalue weighted by Crippen LogP contribution is 2.26. The van der Waals surface area contributed by atoms with Crippen molar-refractivity contribution in [3.8, 4) is 0 Å². The van der Waals surface area contributed by atoms with Gasteiger partial charge in [0.05, 0.1) is 11.0 Å². The van der Waals surface area contributed by atoms with Crippen LogP contribution in [0.3, 0.4) is 0 Å². The van der Waals surface area contributed by atoms with Crippen molar-refractivity contribution in [2.75, 3.05) is 20.1 Å². The van der Waals surface area contributed by atoms with Crippen LogP contribution in [0.5, 0.6) is 0 Å². The Bertz CT molecular complexity index is 979. The van der Waals surface area contributed by atoms with Gasteiger partial charge in [0.2, 0.25) is 11.8 Å². The van der Waals surface area contributed by atoms with Gasteiger partial charge in [0.1, 0.15) is 6.04 Å². The summed E-state index contributed by atoms with van der Waals surface area (Å²) in [7, 11) is 3.76. The molecule has 166 valence electrons. The number of imide groups is 1. The first-order chi connectivity index (χ1) is 13.5. The molecule has 10 heteroatoms. The van der Waals surface area contributed by atoms with Crippen molar-refractivity contribution in [2.24, 2.45) is 7.05 Å². The van der Waals surface area contributed by atoms with Crippen LogP contribution in [0.1, 0.15) is 37.3 Å². The maximum absolute atomic E-state index is 13.0. The largest absolute Gasteiger partial charge is 0.329 e. The Labute approximate surface area is 187 Å². The van der Waals surface area contributed by atoms with E-state index in [4.69, 9.17) is 0 Å². The monoisotopic (exact) mass is 457 g/mol. The number of carbonyl (C=O) groups excluding carboxylic acids is 2. The second-order valence-corrected chi connectivity index (χ2v) is 7.80. The number of imidazole rings is 1. The van der Waals surface area contributed by atoms with Crippen LogP contribution >= 0.6 is 24.8 Å². The Morgan fingerprint density at radius 2 is 1.80 bits per heavy atom. The number of hydrogen-bond donors (Lipinski definition) is 2. The average Bonchev–Trinajstić information content (AvgIpc) is 2.94. The van der Waals surface area contributed by atoms with Crippen molar-refractivity contribution in [1.29, 1.82) is 0 Å². The van der Waals surface area contributed by atoms with E-state index in [9.17, 15) is 14.4 Å². The lowest BCUT2D eigenvalue weighted by Gasteiger charge is -2.31. The number of carbonyl (C=O) groups is 2. The van der Waals surface area contributed by atoms with Crippen molar-refractivity contribution in [1.82, 2.24) is 24.7 Å². The molecule has 1 aromatic carbocycles. The molecular weight excluding hydrogens is 429 g/mol. The van der Waals surface area contributed by atoms with Gasteiger partial charge in [-0.05, 0) is 51.0 Å². The molecule has 0 aliphatic carbocycles. The Morgan fingerprint density at radius 1 is 1.10 bits per heavy atom. The maximum atomic E-state index is 13.0. The van der Waals surface area contributed by atoms with Crippen LogP contribution in [-0.2, 0) is 23.2 Å². The summed E-state index contributed by atoms with van der Waals surface area (Å²) in [6.07, 6.45) is 2.83. The van der Waals surface area contributed by atoms with E-state index in [1.54, 1.807) is 16.2 Å². The molecule has 2 aliphatic heterocycles. The first kappa shape index (κ1) is 24.4. The fraction of sp³-hybridized carbons (Fsp3) is 0.550. The third-order valence-electron chi connectivity index (χ3n) is 6.10. The van der Waals surface area contributed by atoms with Gasteiger partial charge in [-0.15, -0.1) is 24.8 Å². The molecule has 2 fully saturated rings. The molecule has 8 nitrogen and oxygen atoms in total. The molecule has 0 spiro atoms. The number of amides is 2. The molecule has 0 radical (unpaired) electrons. The zero-order valence-electron chi connectivity index (χ0n) is 17.2. The summed E-state index contributed by atoms with van der Waals surface area (Å²) >= 11 is 0. The van der Waals surface area contributed by atoms with Gasteiger partial charge < -0.3 is 5.32 Å². The lowest BCUT2D eigenvalue weighted by molar-refractivity contribution is -0.135. The number of benzene rings is 1. The summed E-state index contributed by atoms with van der Waals surface area (Å²) in [5.74, 6) is -0.675. The van der Waals surface area contributed by atoms with Gasteiger partial charge in [0.15, 0.2) is 0 Å². The van der Waals surface area contributed by atoms with E-state index in [0.29, 0.717) is 12.5 Å². The van der Waals surface area contributed by atoms with E-state index in [1.165, 1.54) is 0 Å². The highest BCUT2D eigenvalue weighted by Gasteiger charge is 2.31. The standard InChI is InChI=1S/C20H27N5O3.2ClH/c1-21-14-8-10-24(11-9-14)12-13-4-3-5-15-18(13)23(2)20(28)25(15)16-6-7-17(26)22-19(16)27;;/h3-5,14,16,21H,6-12H2,1-2H3,(H,22,26,27);2*1H. The number of likely N-dealkylation sites (tertiary alicyclic amines) is 1. The second kappa shape index (κ2) is 9.96. The zero-order chi connectivity index (χ0) is 19.8. The quantitative estimate of drug-likeness (QED) is 0.676. The van der Waals surface area contributed by atoms with E-state index >= 15 is 0 Å². The average molecular weight is 458 g/mol. The van der Waals surface area contributed by atoms with Crippen molar-refractivity contribution < 1.29 is 9.59 Å². The van der Waals surface area contributed by atoms with E-state index < -0.39 is 11.9 Å². The van der Waals surface area contributed by atoms with Gasteiger partial charge in [-0.1, -0.05) is 12.1 Å². The Morgan fingerprint density at radius 3 is 2.43 bits per heavy atom. The number of rotatable bonds is 4. The summed E-state index contributed by atoms with van der Waals surface area (Å²) in [5.41, 5.74) is 2.49. The van der Waals surface area contributed by atoms with Gasteiger partial charge in [0.25, 0.3) is 0 Å². The Hall–Kier alpha value is -1.87. The molecule has 2 aromatic rings. The predicted octanol–water partition coefficient (Wildman–Crippen LogP) is 1.35. The number of nitrogens with zero attached hydrogens (tertiary/aromatic N) is 3. The molecule has 3 heterocycles. The molecular formula is C20H29Cl2N5O3. The van der Waals surface area contributed by atoms with E-state index in [2.05, 4.69) is 21.6 Å². The number of para-hydroxylation sites is 1. The van der Waals surface area contributed by atoms with Crippen LogP contribution in [0, 0.1) is 0 Å². The topological polar surface area (TPSA) is 88.4 Å². The van der Waals surface area contributed by atoms with Gasteiger partial charge in [-0.25, -0.2) is 4.79 Å². The smallest absolute Gasteiger partial charge is 0.317 e. The van der Waals surface area contributed by atoms with E-state index in [0.717, 1.165) is 49.1 Å². The van der Waals surface area contributed by atoms with Crippen molar-refractivity contribution in [2.45, 2.75) is 44.3 Å². The summed E-state index contributed by atoms with van der Waals surface area (Å²) in [6.45, 7) is 2.81. The molecule has 30 heavy (non-hydrogen) atoms. The number of hydrogen-bond acceptors (Lipinski definition) is 5. The molecule has 0 saturated carbocycles. The first-order valence-electron chi connectivity index (χ1n) is 9.91. The van der Waals surface area contributed by atoms with Gasteiger partial charge in [0, 0.05) is 26.1 Å². The highest BCUT2D eigenvalue weighted by atomic mass is 35.5. The molecule has 2 aliphatic rings. The van der Waals surface area contributed by atoms with Crippen LogP contribution in [0.2, 0.25) is 0 Å². The number of aryl methyl sites for hydroxylation is 1. The number of piperidine rings is 2. The molecule has 0 bridgehead atoms. The predicted molar refractivity (Wildman–Crippen MR) is 120 cm³/mol. The highest BCUT2D eigenvalue weighted by molar-refractivity contribution is 6.00. The zero-order valence-corrected chi connectivity index (χ0v) is 18.9. The molecule has 1 atom stereocenters. The van der Waals surface area contributed by atoms with Crippen LogP contribution in [0.4, 0.5) is 0 Å². The summed E-state index contributed by atoms with van der Waals surface area (Å²) in [4.78, 5) is 39.2. The van der Waals surface area contributed by atoms with Crippen LogP contribution in [0.25, 0.3) is 11.0 Å². The third kappa shape index (κ3) is 4.42. The normalized spacial score (nSPS) is 20.5. The third-order valence-corrected chi connectivity index (χ3v) is 6.10. The Balaban J connectivity index is 0.00000160. The fourth-order valence-electron chi connectivity index (χ4n) is 4.50. The molecule has 4 rings (SSSR count). The number of aromatic nitrogens is 2. The summed E-state index contributed by atoms with van der Waals surface area (Å²) < 4.78 is 3.18. The molecule has 1 aromatic heterocycles. The maximum Gasteiger partial charge on any atom is 0.329 e. The van der Waals surface area contributed by atoms with Gasteiger partial charge >= 0.3 is 5.69 Å². The Kier molecular flexibility index (Phi) is 8.10. The minimum Gasteiger partial charge on any atom is -0.317 e. The molecule has 2 saturated heterocycles. The molecule has 1 unspecified atom stereocenters. The van der Waals surface area contributed by atoms with Crippen molar-refractivity contribution >= 4 is 47.7 Å². The van der Waals surface area contributed by atoms with Crippen LogP contribution in [0.15, 0.2) is 23.0 Å². The van der Waals surface area contributed by atoms with Crippen LogP contribution < -0.4 is 16.3 Å². The van der Waals surface area contributed by atoms with Crippen LogP contribution in [-0.4, -0.2) is 52.0 Å². The van der Waals surface area contributed by atoms with Crippen molar-refractivity contribution in [3.05, 3.63) is 34.2 Å². The molecule has 2 amide bonds. The molecule has 2 N–H and O–H groups in total. The number of nitrogens with one attached hydrogen (secondary N) is 2.